The van der Waals surface area contributed by atoms with Crippen LogP contribution < -0.4 is 5.32 Å². The SMILES string of the molecule is CC12CCC(C1)C(C)(C)C2NCc1c(F)cccc1Cl. The first-order valence-electron chi connectivity index (χ1n) is 7.51. The molecule has 3 unspecified atom stereocenters. The molecule has 0 amide bonds. The molecule has 3 atom stereocenters. The Balaban J connectivity index is 1.79. The summed E-state index contributed by atoms with van der Waals surface area (Å²) in [6.45, 7) is 7.59. The molecule has 0 saturated heterocycles. The van der Waals surface area contributed by atoms with Crippen LogP contribution in [0.25, 0.3) is 0 Å². The predicted octanol–water partition coefficient (Wildman–Crippen LogP) is 4.78. The van der Waals surface area contributed by atoms with Crippen molar-refractivity contribution in [2.24, 2.45) is 16.7 Å². The van der Waals surface area contributed by atoms with Gasteiger partial charge in [0.05, 0.1) is 0 Å². The smallest absolute Gasteiger partial charge is 0.129 e. The minimum absolute atomic E-state index is 0.212. The third-order valence-corrected chi connectivity index (χ3v) is 6.17. The molecular weight excluding hydrogens is 273 g/mol. The molecule has 2 fully saturated rings. The Morgan fingerprint density at radius 2 is 2.10 bits per heavy atom. The van der Waals surface area contributed by atoms with E-state index in [1.807, 2.05) is 0 Å². The van der Waals surface area contributed by atoms with Crippen LogP contribution in [0.15, 0.2) is 18.2 Å². The molecular formula is C17H23ClFN. The summed E-state index contributed by atoms with van der Waals surface area (Å²) in [5.74, 6) is 0.581. The minimum Gasteiger partial charge on any atom is -0.309 e. The zero-order valence-electron chi connectivity index (χ0n) is 12.5. The van der Waals surface area contributed by atoms with E-state index in [9.17, 15) is 4.39 Å². The lowest BCUT2D eigenvalue weighted by atomic mass is 9.68. The highest BCUT2D eigenvalue weighted by Gasteiger charge is 2.58. The van der Waals surface area contributed by atoms with Gasteiger partial charge in [0.25, 0.3) is 0 Å². The summed E-state index contributed by atoms with van der Waals surface area (Å²) < 4.78 is 13.9. The maximum Gasteiger partial charge on any atom is 0.129 e. The molecule has 0 aromatic heterocycles. The van der Waals surface area contributed by atoms with Gasteiger partial charge < -0.3 is 5.32 Å². The van der Waals surface area contributed by atoms with Gasteiger partial charge in [0.1, 0.15) is 5.82 Å². The van der Waals surface area contributed by atoms with Crippen molar-refractivity contribution in [3.63, 3.8) is 0 Å². The van der Waals surface area contributed by atoms with Gasteiger partial charge in [-0.15, -0.1) is 0 Å². The monoisotopic (exact) mass is 295 g/mol. The zero-order chi connectivity index (χ0) is 14.5. The second-order valence-corrected chi connectivity index (χ2v) is 7.84. The second-order valence-electron chi connectivity index (χ2n) is 7.43. The van der Waals surface area contributed by atoms with E-state index in [1.165, 1.54) is 25.3 Å². The van der Waals surface area contributed by atoms with Gasteiger partial charge in [0.2, 0.25) is 0 Å². The van der Waals surface area contributed by atoms with Crippen LogP contribution in [0.4, 0.5) is 4.39 Å². The zero-order valence-corrected chi connectivity index (χ0v) is 13.2. The van der Waals surface area contributed by atoms with E-state index in [4.69, 9.17) is 11.6 Å². The summed E-state index contributed by atoms with van der Waals surface area (Å²) in [4.78, 5) is 0. The highest BCUT2D eigenvalue weighted by molar-refractivity contribution is 6.31. The topological polar surface area (TPSA) is 12.0 Å². The van der Waals surface area contributed by atoms with E-state index in [1.54, 1.807) is 12.1 Å². The molecule has 3 heteroatoms. The van der Waals surface area contributed by atoms with Gasteiger partial charge in [0.15, 0.2) is 0 Å². The number of hydrogen-bond acceptors (Lipinski definition) is 1. The van der Waals surface area contributed by atoms with Crippen LogP contribution in [-0.4, -0.2) is 6.04 Å². The Kier molecular flexibility index (Phi) is 3.38. The molecule has 110 valence electrons. The standard InChI is InChI=1S/C17H23ClFN/c1-16(2)11-7-8-17(3,9-11)15(16)20-10-12-13(18)5-4-6-14(12)19/h4-6,11,15,20H,7-10H2,1-3H3. The molecule has 1 aromatic carbocycles. The lowest BCUT2D eigenvalue weighted by Gasteiger charge is -2.43. The Morgan fingerprint density at radius 1 is 1.35 bits per heavy atom. The Bertz CT molecular complexity index is 503. The molecule has 1 N–H and O–H groups in total. The van der Waals surface area contributed by atoms with Crippen molar-refractivity contribution < 1.29 is 4.39 Å². The highest BCUT2D eigenvalue weighted by Crippen LogP contribution is 2.62. The van der Waals surface area contributed by atoms with E-state index in [0.29, 0.717) is 28.6 Å². The summed E-state index contributed by atoms with van der Waals surface area (Å²) in [5, 5.41) is 4.13. The van der Waals surface area contributed by atoms with Gasteiger partial charge in [-0.25, -0.2) is 4.39 Å². The summed E-state index contributed by atoms with van der Waals surface area (Å²) in [6, 6.07) is 5.33. The maximum atomic E-state index is 13.9. The first kappa shape index (κ1) is 14.3. The fourth-order valence-corrected chi connectivity index (χ4v) is 4.95. The maximum absolute atomic E-state index is 13.9. The molecule has 2 bridgehead atoms. The van der Waals surface area contributed by atoms with E-state index >= 15 is 0 Å². The number of hydrogen-bond donors (Lipinski definition) is 1. The van der Waals surface area contributed by atoms with Crippen molar-refractivity contribution in [2.45, 2.75) is 52.6 Å². The molecule has 0 spiro atoms. The van der Waals surface area contributed by atoms with Crippen LogP contribution in [-0.2, 0) is 6.54 Å². The van der Waals surface area contributed by atoms with Crippen molar-refractivity contribution in [3.8, 4) is 0 Å². The van der Waals surface area contributed by atoms with Gasteiger partial charge in [0, 0.05) is 23.2 Å². The van der Waals surface area contributed by atoms with Crippen molar-refractivity contribution in [1.82, 2.24) is 5.32 Å². The fourth-order valence-electron chi connectivity index (χ4n) is 4.72. The first-order valence-corrected chi connectivity index (χ1v) is 7.89. The number of nitrogens with one attached hydrogen (secondary N) is 1. The molecule has 1 aromatic rings. The highest BCUT2D eigenvalue weighted by atomic mass is 35.5. The van der Waals surface area contributed by atoms with Crippen LogP contribution in [0, 0.1) is 22.6 Å². The van der Waals surface area contributed by atoms with Crippen LogP contribution in [0.2, 0.25) is 5.02 Å². The quantitative estimate of drug-likeness (QED) is 0.846. The molecule has 0 aliphatic heterocycles. The average molecular weight is 296 g/mol. The molecule has 3 rings (SSSR count). The minimum atomic E-state index is -0.212. The van der Waals surface area contributed by atoms with E-state index < -0.39 is 0 Å². The molecule has 0 heterocycles. The van der Waals surface area contributed by atoms with Gasteiger partial charge in [-0.3, -0.25) is 0 Å². The van der Waals surface area contributed by atoms with Crippen molar-refractivity contribution >= 4 is 11.6 Å². The van der Waals surface area contributed by atoms with Crippen LogP contribution in [0.1, 0.15) is 45.6 Å². The van der Waals surface area contributed by atoms with Crippen molar-refractivity contribution in [2.75, 3.05) is 0 Å². The number of benzene rings is 1. The lowest BCUT2D eigenvalue weighted by molar-refractivity contribution is 0.107. The van der Waals surface area contributed by atoms with Gasteiger partial charge in [-0.05, 0) is 48.1 Å². The predicted molar refractivity (Wildman–Crippen MR) is 81.3 cm³/mol. The molecule has 2 aliphatic carbocycles. The van der Waals surface area contributed by atoms with E-state index in [0.717, 1.165) is 5.92 Å². The molecule has 1 nitrogen and oxygen atoms in total. The van der Waals surface area contributed by atoms with Crippen LogP contribution >= 0.6 is 11.6 Å². The van der Waals surface area contributed by atoms with E-state index in [2.05, 4.69) is 26.1 Å². The summed E-state index contributed by atoms with van der Waals surface area (Å²) in [7, 11) is 0. The largest absolute Gasteiger partial charge is 0.309 e. The molecule has 2 aliphatic rings. The number of halogens is 2. The number of rotatable bonds is 3. The molecule has 0 radical (unpaired) electrons. The normalized spacial score (nSPS) is 34.6. The lowest BCUT2D eigenvalue weighted by Crippen LogP contribution is -2.50. The molecule has 20 heavy (non-hydrogen) atoms. The Labute approximate surface area is 125 Å². The Morgan fingerprint density at radius 3 is 2.70 bits per heavy atom. The average Bonchev–Trinajstić information content (AvgIpc) is 2.83. The third-order valence-electron chi connectivity index (χ3n) is 5.81. The van der Waals surface area contributed by atoms with E-state index in [-0.39, 0.29) is 11.2 Å². The summed E-state index contributed by atoms with van der Waals surface area (Å²) >= 11 is 6.12. The van der Waals surface area contributed by atoms with Gasteiger partial charge >= 0.3 is 0 Å². The van der Waals surface area contributed by atoms with Crippen LogP contribution in [0.5, 0.6) is 0 Å². The number of fused-ring (bicyclic) bond motifs is 2. The first-order chi connectivity index (χ1) is 9.34. The summed E-state index contributed by atoms with van der Waals surface area (Å²) in [6.07, 6.45) is 3.91. The van der Waals surface area contributed by atoms with Gasteiger partial charge in [-0.1, -0.05) is 38.4 Å². The third kappa shape index (κ3) is 2.08. The summed E-state index contributed by atoms with van der Waals surface area (Å²) in [5.41, 5.74) is 1.23. The van der Waals surface area contributed by atoms with Crippen LogP contribution in [0.3, 0.4) is 0 Å². The van der Waals surface area contributed by atoms with Gasteiger partial charge in [-0.2, -0.15) is 0 Å². The van der Waals surface area contributed by atoms with Crippen molar-refractivity contribution in [3.05, 3.63) is 34.6 Å². The fraction of sp³-hybridized carbons (Fsp3) is 0.647. The van der Waals surface area contributed by atoms with Crippen molar-refractivity contribution in [1.29, 1.82) is 0 Å². The Hall–Kier alpha value is -0.600. The molecule has 2 saturated carbocycles. The second kappa shape index (κ2) is 4.71.